The molecule has 90 valence electrons. The van der Waals surface area contributed by atoms with Crippen LogP contribution in [-0.4, -0.2) is 23.7 Å². The Kier molecular flexibility index (Phi) is 2.88. The van der Waals surface area contributed by atoms with E-state index in [0.29, 0.717) is 6.42 Å². The second-order valence-corrected chi connectivity index (χ2v) is 4.16. The maximum atomic E-state index is 11.7. The van der Waals surface area contributed by atoms with E-state index in [1.165, 1.54) is 0 Å². The Balaban J connectivity index is 2.25. The zero-order valence-corrected chi connectivity index (χ0v) is 9.55. The van der Waals surface area contributed by atoms with Crippen molar-refractivity contribution >= 4 is 11.9 Å². The van der Waals surface area contributed by atoms with E-state index in [-0.39, 0.29) is 12.5 Å². The number of carbonyl (C=O) groups is 2. The molecule has 1 N–H and O–H groups in total. The van der Waals surface area contributed by atoms with Crippen LogP contribution in [0.5, 0.6) is 0 Å². The van der Waals surface area contributed by atoms with Crippen LogP contribution in [0.4, 0.5) is 0 Å². The molecule has 0 aromatic heterocycles. The molecule has 0 saturated heterocycles. The summed E-state index contributed by atoms with van der Waals surface area (Å²) in [6, 6.07) is 9.22. The summed E-state index contributed by atoms with van der Waals surface area (Å²) in [5, 5.41) is 9.23. The zero-order chi connectivity index (χ0) is 12.5. The second-order valence-electron chi connectivity index (χ2n) is 4.16. The van der Waals surface area contributed by atoms with Crippen molar-refractivity contribution in [2.24, 2.45) is 5.41 Å². The van der Waals surface area contributed by atoms with Crippen LogP contribution in [0.15, 0.2) is 30.3 Å². The van der Waals surface area contributed by atoms with Crippen molar-refractivity contribution in [1.82, 2.24) is 0 Å². The van der Waals surface area contributed by atoms with Crippen LogP contribution in [-0.2, 0) is 14.3 Å². The predicted octanol–water partition coefficient (Wildman–Crippen LogP) is 1.81. The molecule has 0 aliphatic heterocycles. The summed E-state index contributed by atoms with van der Waals surface area (Å²) < 4.78 is 4.86. The summed E-state index contributed by atoms with van der Waals surface area (Å²) in [5.41, 5.74) is -0.486. The quantitative estimate of drug-likeness (QED) is 0.637. The fourth-order valence-corrected chi connectivity index (χ4v) is 2.16. The van der Waals surface area contributed by atoms with Gasteiger partial charge in [0, 0.05) is 5.92 Å². The molecule has 0 spiro atoms. The lowest BCUT2D eigenvalue weighted by atomic mass is 9.99. The highest BCUT2D eigenvalue weighted by atomic mass is 16.5. The third-order valence-electron chi connectivity index (χ3n) is 3.18. The van der Waals surface area contributed by atoms with Crippen LogP contribution in [0, 0.1) is 5.41 Å². The number of carboxylic acid groups (broad SMARTS) is 1. The van der Waals surface area contributed by atoms with Gasteiger partial charge in [0.2, 0.25) is 0 Å². The van der Waals surface area contributed by atoms with Gasteiger partial charge in [-0.15, -0.1) is 0 Å². The first kappa shape index (κ1) is 11.6. The molecule has 4 nitrogen and oxygen atoms in total. The highest BCUT2D eigenvalue weighted by Gasteiger charge is 2.67. The molecule has 1 fully saturated rings. The van der Waals surface area contributed by atoms with Crippen LogP contribution in [0.3, 0.4) is 0 Å². The van der Waals surface area contributed by atoms with E-state index in [9.17, 15) is 14.7 Å². The molecule has 0 amide bonds. The van der Waals surface area contributed by atoms with Crippen LogP contribution < -0.4 is 0 Å². The van der Waals surface area contributed by atoms with Gasteiger partial charge in [-0.05, 0) is 18.9 Å². The van der Waals surface area contributed by atoms with E-state index in [1.807, 2.05) is 30.3 Å². The third kappa shape index (κ3) is 1.79. The van der Waals surface area contributed by atoms with E-state index in [1.54, 1.807) is 6.92 Å². The van der Waals surface area contributed by atoms with Crippen LogP contribution >= 0.6 is 0 Å². The average molecular weight is 234 g/mol. The highest BCUT2D eigenvalue weighted by molar-refractivity contribution is 6.04. The Morgan fingerprint density at radius 1 is 1.41 bits per heavy atom. The molecule has 0 unspecified atom stereocenters. The standard InChI is InChI=1S/C13H14O4/c1-2-17-12(16)13(11(14)15)8-10(13)9-6-4-3-5-7-9/h3-7,10H,2,8H2,1H3,(H,14,15)/t10-,13+/m0/s1. The molecule has 0 radical (unpaired) electrons. The van der Waals surface area contributed by atoms with Gasteiger partial charge in [-0.3, -0.25) is 9.59 Å². The van der Waals surface area contributed by atoms with Crippen molar-refractivity contribution in [3.05, 3.63) is 35.9 Å². The number of ether oxygens (including phenoxy) is 1. The zero-order valence-electron chi connectivity index (χ0n) is 9.55. The van der Waals surface area contributed by atoms with Crippen LogP contribution in [0.25, 0.3) is 0 Å². The van der Waals surface area contributed by atoms with Crippen molar-refractivity contribution in [1.29, 1.82) is 0 Å². The molecular formula is C13H14O4. The minimum atomic E-state index is -1.36. The smallest absolute Gasteiger partial charge is 0.324 e. The van der Waals surface area contributed by atoms with Gasteiger partial charge < -0.3 is 9.84 Å². The summed E-state index contributed by atoms with van der Waals surface area (Å²) in [4.78, 5) is 23.0. The molecule has 1 aromatic carbocycles. The van der Waals surface area contributed by atoms with Crippen molar-refractivity contribution in [3.8, 4) is 0 Å². The molecular weight excluding hydrogens is 220 g/mol. The number of esters is 1. The molecule has 4 heteroatoms. The summed E-state index contributed by atoms with van der Waals surface area (Å²) in [7, 11) is 0. The molecule has 1 aromatic rings. The summed E-state index contributed by atoms with van der Waals surface area (Å²) in [5.74, 6) is -1.98. The predicted molar refractivity (Wildman–Crippen MR) is 60.5 cm³/mol. The molecule has 1 saturated carbocycles. The number of hydrogen-bond donors (Lipinski definition) is 1. The first-order chi connectivity index (χ1) is 8.13. The van der Waals surface area contributed by atoms with Crippen LogP contribution in [0.2, 0.25) is 0 Å². The van der Waals surface area contributed by atoms with Crippen molar-refractivity contribution in [2.45, 2.75) is 19.3 Å². The number of carboxylic acids is 1. The lowest BCUT2D eigenvalue weighted by Gasteiger charge is -2.11. The summed E-state index contributed by atoms with van der Waals surface area (Å²) >= 11 is 0. The maximum Gasteiger partial charge on any atom is 0.324 e. The largest absolute Gasteiger partial charge is 0.480 e. The first-order valence-electron chi connectivity index (χ1n) is 5.58. The molecule has 1 aliphatic carbocycles. The first-order valence-corrected chi connectivity index (χ1v) is 5.58. The number of rotatable bonds is 4. The molecule has 1 aliphatic rings. The Morgan fingerprint density at radius 3 is 2.59 bits per heavy atom. The monoisotopic (exact) mass is 234 g/mol. The molecule has 2 rings (SSSR count). The fraction of sp³-hybridized carbons (Fsp3) is 0.385. The molecule has 0 bridgehead atoms. The lowest BCUT2D eigenvalue weighted by molar-refractivity contribution is -0.161. The minimum absolute atomic E-state index is 0.204. The Morgan fingerprint density at radius 2 is 2.06 bits per heavy atom. The van der Waals surface area contributed by atoms with Gasteiger partial charge >= 0.3 is 11.9 Å². The van der Waals surface area contributed by atoms with Gasteiger partial charge in [0.1, 0.15) is 0 Å². The van der Waals surface area contributed by atoms with Gasteiger partial charge in [0.25, 0.3) is 0 Å². The summed E-state index contributed by atoms with van der Waals surface area (Å²) in [6.45, 7) is 1.88. The molecule has 2 atom stereocenters. The number of hydrogen-bond acceptors (Lipinski definition) is 3. The lowest BCUT2D eigenvalue weighted by Crippen LogP contribution is -2.29. The van der Waals surface area contributed by atoms with E-state index in [0.717, 1.165) is 5.56 Å². The normalized spacial score (nSPS) is 26.3. The number of carbonyl (C=O) groups excluding carboxylic acids is 1. The van der Waals surface area contributed by atoms with Gasteiger partial charge in [-0.2, -0.15) is 0 Å². The Labute approximate surface area is 99.2 Å². The minimum Gasteiger partial charge on any atom is -0.480 e. The second kappa shape index (κ2) is 4.20. The fourth-order valence-electron chi connectivity index (χ4n) is 2.16. The van der Waals surface area contributed by atoms with Crippen LogP contribution in [0.1, 0.15) is 24.8 Å². The number of benzene rings is 1. The van der Waals surface area contributed by atoms with Gasteiger partial charge in [0.05, 0.1) is 6.61 Å². The van der Waals surface area contributed by atoms with Gasteiger partial charge in [0.15, 0.2) is 5.41 Å². The Bertz CT molecular complexity index is 440. The van der Waals surface area contributed by atoms with Gasteiger partial charge in [-0.25, -0.2) is 0 Å². The average Bonchev–Trinajstić information content (AvgIpc) is 3.07. The highest BCUT2D eigenvalue weighted by Crippen LogP contribution is 2.60. The van der Waals surface area contributed by atoms with E-state index in [2.05, 4.69) is 0 Å². The van der Waals surface area contributed by atoms with E-state index in [4.69, 9.17) is 4.74 Å². The maximum absolute atomic E-state index is 11.7. The molecule has 0 heterocycles. The number of aliphatic carboxylic acids is 1. The SMILES string of the molecule is CCOC(=O)[C@]1(C(=O)O)C[C@H]1c1ccccc1. The topological polar surface area (TPSA) is 63.6 Å². The summed E-state index contributed by atoms with van der Waals surface area (Å²) in [6.07, 6.45) is 0.325. The van der Waals surface area contributed by atoms with Gasteiger partial charge in [-0.1, -0.05) is 30.3 Å². The van der Waals surface area contributed by atoms with Crippen molar-refractivity contribution in [3.63, 3.8) is 0 Å². The van der Waals surface area contributed by atoms with Crippen molar-refractivity contribution < 1.29 is 19.4 Å². The third-order valence-corrected chi connectivity index (χ3v) is 3.18. The van der Waals surface area contributed by atoms with E-state index >= 15 is 0 Å². The van der Waals surface area contributed by atoms with Crippen molar-refractivity contribution in [2.75, 3.05) is 6.61 Å². The Hall–Kier alpha value is -1.84. The molecule has 17 heavy (non-hydrogen) atoms. The van der Waals surface area contributed by atoms with E-state index < -0.39 is 17.4 Å².